The van der Waals surface area contributed by atoms with Crippen molar-refractivity contribution in [1.82, 2.24) is 4.72 Å². The van der Waals surface area contributed by atoms with E-state index in [-0.39, 0.29) is 16.0 Å². The molecule has 0 saturated heterocycles. The smallest absolute Gasteiger partial charge is 0.208 e. The van der Waals surface area contributed by atoms with E-state index in [1.54, 1.807) is 30.0 Å². The largest absolute Gasteiger partial charge is 0.243 e. The zero-order valence-electron chi connectivity index (χ0n) is 10.1. The number of hydrogen-bond donors (Lipinski definition) is 1. The molecule has 0 aromatic heterocycles. The van der Waals surface area contributed by atoms with Gasteiger partial charge in [0.05, 0.1) is 5.02 Å². The fourth-order valence-electron chi connectivity index (χ4n) is 1.42. The van der Waals surface area contributed by atoms with Crippen molar-refractivity contribution in [3.63, 3.8) is 0 Å². The summed E-state index contributed by atoms with van der Waals surface area (Å²) in [5.41, 5.74) is 0. The molecule has 1 aromatic rings. The predicted molar refractivity (Wildman–Crippen MR) is 81.9 cm³/mol. The topological polar surface area (TPSA) is 46.2 Å². The molecule has 102 valence electrons. The van der Waals surface area contributed by atoms with Crippen LogP contribution in [-0.4, -0.2) is 26.5 Å². The molecule has 0 aliphatic rings. The lowest BCUT2D eigenvalue weighted by atomic mass is 10.3. The highest BCUT2D eigenvalue weighted by Gasteiger charge is 2.22. The van der Waals surface area contributed by atoms with E-state index in [1.165, 1.54) is 0 Å². The third-order valence-electron chi connectivity index (χ3n) is 2.30. The van der Waals surface area contributed by atoms with Gasteiger partial charge >= 0.3 is 0 Å². The maximum atomic E-state index is 12.2. The fraction of sp³-hybridized carbons (Fsp3) is 0.455. The summed E-state index contributed by atoms with van der Waals surface area (Å²) in [5.74, 6) is 0.910. The molecule has 18 heavy (non-hydrogen) atoms. The van der Waals surface area contributed by atoms with Crippen LogP contribution in [0.1, 0.15) is 13.3 Å². The Hall–Kier alpha value is 0.250. The summed E-state index contributed by atoms with van der Waals surface area (Å²) >= 11 is 10.9. The standard InChI is InChI=1S/C11H15BrClNO2S2/c1-8(6-7-17-2)14-18(15,16)11-9(12)4-3-5-10(11)13/h3-5,8,14H,6-7H2,1-2H3. The normalized spacial score (nSPS) is 13.6. The van der Waals surface area contributed by atoms with Crippen LogP contribution in [0.4, 0.5) is 0 Å². The third kappa shape index (κ3) is 4.42. The minimum atomic E-state index is -3.59. The summed E-state index contributed by atoms with van der Waals surface area (Å²) in [5, 5.41) is 0.217. The molecule has 0 amide bonds. The zero-order valence-corrected chi connectivity index (χ0v) is 14.1. The van der Waals surface area contributed by atoms with Crippen LogP contribution in [0, 0.1) is 0 Å². The Balaban J connectivity index is 2.93. The fourth-order valence-corrected chi connectivity index (χ4v) is 5.02. The first-order chi connectivity index (χ1) is 8.38. The van der Waals surface area contributed by atoms with Crippen molar-refractivity contribution in [2.75, 3.05) is 12.0 Å². The van der Waals surface area contributed by atoms with E-state index in [2.05, 4.69) is 20.7 Å². The summed E-state index contributed by atoms with van der Waals surface area (Å²) in [6.45, 7) is 1.85. The van der Waals surface area contributed by atoms with Gasteiger partial charge in [-0.1, -0.05) is 17.7 Å². The molecule has 1 atom stereocenters. The van der Waals surface area contributed by atoms with Crippen LogP contribution < -0.4 is 4.72 Å². The van der Waals surface area contributed by atoms with Gasteiger partial charge in [0.1, 0.15) is 4.90 Å². The Kier molecular flexibility index (Phi) is 6.47. The first kappa shape index (κ1) is 16.3. The van der Waals surface area contributed by atoms with E-state index in [0.717, 1.165) is 12.2 Å². The number of thioether (sulfide) groups is 1. The molecule has 0 radical (unpaired) electrons. The van der Waals surface area contributed by atoms with E-state index in [9.17, 15) is 8.42 Å². The molecule has 0 fully saturated rings. The highest BCUT2D eigenvalue weighted by atomic mass is 79.9. The van der Waals surface area contributed by atoms with Gasteiger partial charge in [-0.25, -0.2) is 13.1 Å². The van der Waals surface area contributed by atoms with Gasteiger partial charge in [0, 0.05) is 10.5 Å². The summed E-state index contributed by atoms with van der Waals surface area (Å²) in [4.78, 5) is 0.0997. The molecular formula is C11H15BrClNO2S2. The van der Waals surface area contributed by atoms with Crippen molar-refractivity contribution in [2.45, 2.75) is 24.3 Å². The molecular weight excluding hydrogens is 358 g/mol. The highest BCUT2D eigenvalue weighted by molar-refractivity contribution is 9.10. The lowest BCUT2D eigenvalue weighted by Gasteiger charge is -2.15. The molecule has 1 N–H and O–H groups in total. The molecule has 0 spiro atoms. The Morgan fingerprint density at radius 2 is 2.17 bits per heavy atom. The van der Waals surface area contributed by atoms with Crippen LogP contribution in [0.3, 0.4) is 0 Å². The Morgan fingerprint density at radius 1 is 1.50 bits per heavy atom. The van der Waals surface area contributed by atoms with Crippen LogP contribution >= 0.6 is 39.3 Å². The molecule has 1 rings (SSSR count). The van der Waals surface area contributed by atoms with Gasteiger partial charge in [0.25, 0.3) is 0 Å². The van der Waals surface area contributed by atoms with Crippen molar-refractivity contribution in [3.05, 3.63) is 27.7 Å². The minimum Gasteiger partial charge on any atom is -0.208 e. The van der Waals surface area contributed by atoms with Crippen molar-refractivity contribution in [2.24, 2.45) is 0 Å². The summed E-state index contributed by atoms with van der Waals surface area (Å²) in [6.07, 6.45) is 2.77. The van der Waals surface area contributed by atoms with Gasteiger partial charge in [-0.2, -0.15) is 11.8 Å². The van der Waals surface area contributed by atoms with Gasteiger partial charge in [0.2, 0.25) is 10.0 Å². The highest BCUT2D eigenvalue weighted by Crippen LogP contribution is 2.29. The SMILES string of the molecule is CSCCC(C)NS(=O)(=O)c1c(Cl)cccc1Br. The second kappa shape index (κ2) is 7.14. The molecule has 0 aliphatic heterocycles. The first-order valence-electron chi connectivity index (χ1n) is 5.33. The third-order valence-corrected chi connectivity index (χ3v) is 5.98. The van der Waals surface area contributed by atoms with Crippen molar-refractivity contribution in [3.8, 4) is 0 Å². The Morgan fingerprint density at radius 3 is 2.72 bits per heavy atom. The van der Waals surface area contributed by atoms with Crippen molar-refractivity contribution < 1.29 is 8.42 Å². The maximum absolute atomic E-state index is 12.2. The van der Waals surface area contributed by atoms with E-state index < -0.39 is 10.0 Å². The van der Waals surface area contributed by atoms with Gasteiger partial charge in [0.15, 0.2) is 0 Å². The maximum Gasteiger partial charge on any atom is 0.243 e. The summed E-state index contributed by atoms with van der Waals surface area (Å²) < 4.78 is 27.5. The van der Waals surface area contributed by atoms with Crippen LogP contribution in [0.2, 0.25) is 5.02 Å². The van der Waals surface area contributed by atoms with E-state index in [4.69, 9.17) is 11.6 Å². The molecule has 0 bridgehead atoms. The van der Waals surface area contributed by atoms with E-state index in [1.807, 2.05) is 13.2 Å². The first-order valence-corrected chi connectivity index (χ1v) is 9.38. The average molecular weight is 373 g/mol. The van der Waals surface area contributed by atoms with Crippen LogP contribution in [0.15, 0.2) is 27.6 Å². The lowest BCUT2D eigenvalue weighted by molar-refractivity contribution is 0.556. The number of halogens is 2. The molecule has 3 nitrogen and oxygen atoms in total. The lowest BCUT2D eigenvalue weighted by Crippen LogP contribution is -2.33. The molecule has 7 heteroatoms. The van der Waals surface area contributed by atoms with Crippen molar-refractivity contribution >= 4 is 49.3 Å². The van der Waals surface area contributed by atoms with Crippen LogP contribution in [0.25, 0.3) is 0 Å². The van der Waals surface area contributed by atoms with Gasteiger partial charge in [-0.15, -0.1) is 0 Å². The number of rotatable bonds is 6. The number of nitrogens with one attached hydrogen (secondary N) is 1. The molecule has 0 saturated carbocycles. The summed E-state index contributed by atoms with van der Waals surface area (Å²) in [7, 11) is -3.59. The minimum absolute atomic E-state index is 0.0997. The Labute approximate surface area is 126 Å². The monoisotopic (exact) mass is 371 g/mol. The molecule has 1 unspecified atom stereocenters. The van der Waals surface area contributed by atoms with Crippen LogP contribution in [-0.2, 0) is 10.0 Å². The number of benzene rings is 1. The second-order valence-corrected chi connectivity index (χ2v) is 7.75. The van der Waals surface area contributed by atoms with Gasteiger partial charge in [-0.3, -0.25) is 0 Å². The van der Waals surface area contributed by atoms with Gasteiger partial charge < -0.3 is 0 Å². The average Bonchev–Trinajstić information content (AvgIpc) is 2.25. The second-order valence-electron chi connectivity index (χ2n) is 3.85. The molecule has 0 heterocycles. The van der Waals surface area contributed by atoms with Gasteiger partial charge in [-0.05, 0) is 53.4 Å². The van der Waals surface area contributed by atoms with Crippen molar-refractivity contribution in [1.29, 1.82) is 0 Å². The van der Waals surface area contributed by atoms with E-state index >= 15 is 0 Å². The predicted octanol–water partition coefficient (Wildman–Crippen LogP) is 3.52. The zero-order chi connectivity index (χ0) is 13.8. The molecule has 1 aromatic carbocycles. The molecule has 0 aliphatic carbocycles. The summed E-state index contributed by atoms with van der Waals surface area (Å²) in [6, 6.07) is 4.80. The Bertz CT molecular complexity index is 488. The number of sulfonamides is 1. The number of hydrogen-bond acceptors (Lipinski definition) is 3. The quantitative estimate of drug-likeness (QED) is 0.831. The van der Waals surface area contributed by atoms with Crippen LogP contribution in [0.5, 0.6) is 0 Å². The van der Waals surface area contributed by atoms with E-state index in [0.29, 0.717) is 4.47 Å².